The second-order valence-electron chi connectivity index (χ2n) is 10.6. The Morgan fingerprint density at radius 1 is 0.571 bits per heavy atom. The van der Waals surface area contributed by atoms with Crippen LogP contribution in [0, 0.1) is 0 Å². The highest BCUT2D eigenvalue weighted by Crippen LogP contribution is 2.40. The maximum Gasteiger partial charge on any atom is 0.246 e. The summed E-state index contributed by atoms with van der Waals surface area (Å²) < 4.78 is 8.72. The lowest BCUT2D eigenvalue weighted by Gasteiger charge is -2.08. The van der Waals surface area contributed by atoms with Gasteiger partial charge in [-0.15, -0.1) is 11.3 Å². The van der Waals surface area contributed by atoms with Crippen LogP contribution in [0.3, 0.4) is 0 Å². The summed E-state index contributed by atoms with van der Waals surface area (Å²) in [6.07, 6.45) is 1.81. The molecular formula is C38H22N2OS. The molecule has 0 fully saturated rings. The minimum atomic E-state index is 0.561. The average Bonchev–Trinajstić information content (AvgIpc) is 3.63. The number of benzene rings is 6. The molecule has 0 aliphatic carbocycles. The molecule has 0 spiro atoms. The van der Waals surface area contributed by atoms with Gasteiger partial charge in [-0.2, -0.15) is 0 Å². The molecule has 9 rings (SSSR count). The number of thiophene rings is 1. The monoisotopic (exact) mass is 554 g/mol. The molecule has 0 aliphatic rings. The standard InChI is InChI=1S/C38H22N2OS/c1-2-10-28-24(7-1)19-20-33-35(28)36-38(41-33)39-22-32(40-36)27-9-5-8-26(21-27)23-15-17-25(18-16-23)29-12-6-13-31-30-11-3-4-14-34(30)42-37(29)31/h1-22H. The van der Waals surface area contributed by atoms with Crippen LogP contribution >= 0.6 is 11.3 Å². The van der Waals surface area contributed by atoms with Gasteiger partial charge in [0.15, 0.2) is 0 Å². The maximum atomic E-state index is 6.06. The quantitative estimate of drug-likeness (QED) is 0.218. The molecule has 0 atom stereocenters. The number of hydrogen-bond acceptors (Lipinski definition) is 4. The molecule has 0 aliphatic heterocycles. The Bertz CT molecular complexity index is 2470. The molecule has 0 saturated heterocycles. The van der Waals surface area contributed by atoms with Gasteiger partial charge >= 0.3 is 0 Å². The highest BCUT2D eigenvalue weighted by atomic mass is 32.1. The molecule has 0 bridgehead atoms. The number of fused-ring (bicyclic) bond motifs is 8. The second kappa shape index (κ2) is 9.10. The van der Waals surface area contributed by atoms with Crippen LogP contribution < -0.4 is 0 Å². The summed E-state index contributed by atoms with van der Waals surface area (Å²) in [5.74, 6) is 0. The van der Waals surface area contributed by atoms with E-state index < -0.39 is 0 Å². The minimum absolute atomic E-state index is 0.561. The van der Waals surface area contributed by atoms with Crippen molar-refractivity contribution in [2.24, 2.45) is 0 Å². The Morgan fingerprint density at radius 2 is 1.33 bits per heavy atom. The van der Waals surface area contributed by atoms with Crippen LogP contribution in [0.25, 0.3) is 86.7 Å². The van der Waals surface area contributed by atoms with Crippen molar-refractivity contribution >= 4 is 64.5 Å². The molecule has 196 valence electrons. The van der Waals surface area contributed by atoms with Gasteiger partial charge in [0.2, 0.25) is 5.71 Å². The fraction of sp³-hybridized carbons (Fsp3) is 0. The van der Waals surface area contributed by atoms with Gasteiger partial charge in [0.1, 0.15) is 11.1 Å². The first-order valence-corrected chi connectivity index (χ1v) is 14.8. The molecule has 3 heterocycles. The van der Waals surface area contributed by atoms with E-state index >= 15 is 0 Å². The minimum Gasteiger partial charge on any atom is -0.436 e. The van der Waals surface area contributed by atoms with Gasteiger partial charge in [-0.05, 0) is 51.2 Å². The molecule has 0 saturated carbocycles. The second-order valence-corrected chi connectivity index (χ2v) is 11.7. The Balaban J connectivity index is 1.11. The summed E-state index contributed by atoms with van der Waals surface area (Å²) >= 11 is 1.87. The van der Waals surface area contributed by atoms with Crippen molar-refractivity contribution in [1.29, 1.82) is 0 Å². The van der Waals surface area contributed by atoms with Gasteiger partial charge in [0, 0.05) is 25.7 Å². The zero-order valence-electron chi connectivity index (χ0n) is 22.4. The van der Waals surface area contributed by atoms with Crippen LogP contribution in [0.2, 0.25) is 0 Å². The van der Waals surface area contributed by atoms with Crippen LogP contribution in [0.4, 0.5) is 0 Å². The van der Waals surface area contributed by atoms with Crippen molar-refractivity contribution in [3.8, 4) is 33.5 Å². The van der Waals surface area contributed by atoms with Crippen molar-refractivity contribution in [3.05, 3.63) is 134 Å². The lowest BCUT2D eigenvalue weighted by Crippen LogP contribution is -1.88. The first kappa shape index (κ1) is 23.4. The van der Waals surface area contributed by atoms with Gasteiger partial charge in [0.25, 0.3) is 0 Å². The van der Waals surface area contributed by atoms with Gasteiger partial charge in [0.05, 0.1) is 17.3 Å². The summed E-state index contributed by atoms with van der Waals surface area (Å²) in [6.45, 7) is 0. The smallest absolute Gasteiger partial charge is 0.246 e. The van der Waals surface area contributed by atoms with Crippen LogP contribution in [0.5, 0.6) is 0 Å². The lowest BCUT2D eigenvalue weighted by atomic mass is 9.98. The Morgan fingerprint density at radius 3 is 2.26 bits per heavy atom. The summed E-state index contributed by atoms with van der Waals surface area (Å²) in [5, 5.41) is 5.94. The maximum absolute atomic E-state index is 6.06. The topological polar surface area (TPSA) is 38.9 Å². The van der Waals surface area contributed by atoms with Crippen LogP contribution in [0.15, 0.2) is 138 Å². The van der Waals surface area contributed by atoms with E-state index in [4.69, 9.17) is 9.40 Å². The number of aromatic nitrogens is 2. The number of nitrogens with zero attached hydrogens (tertiary/aromatic N) is 2. The summed E-state index contributed by atoms with van der Waals surface area (Å²) in [7, 11) is 0. The Labute approximate surface area is 245 Å². The predicted octanol–water partition coefficient (Wildman–Crippen LogP) is 10.9. The third-order valence-electron chi connectivity index (χ3n) is 8.17. The molecule has 3 nitrogen and oxygen atoms in total. The molecule has 4 heteroatoms. The number of rotatable bonds is 3. The Kier molecular flexibility index (Phi) is 5.07. The van der Waals surface area contributed by atoms with Crippen LogP contribution in [-0.4, -0.2) is 9.97 Å². The molecule has 0 amide bonds. The van der Waals surface area contributed by atoms with E-state index in [0.717, 1.165) is 49.6 Å². The average molecular weight is 555 g/mol. The zero-order valence-corrected chi connectivity index (χ0v) is 23.2. The van der Waals surface area contributed by atoms with Crippen molar-refractivity contribution < 1.29 is 4.42 Å². The molecule has 42 heavy (non-hydrogen) atoms. The van der Waals surface area contributed by atoms with Crippen LogP contribution in [0.1, 0.15) is 0 Å². The molecule has 9 aromatic rings. The Hall–Kier alpha value is -5.32. The first-order valence-electron chi connectivity index (χ1n) is 14.0. The fourth-order valence-corrected chi connectivity index (χ4v) is 7.35. The van der Waals surface area contributed by atoms with Crippen molar-refractivity contribution in [2.75, 3.05) is 0 Å². The third kappa shape index (κ3) is 3.59. The van der Waals surface area contributed by atoms with Crippen molar-refractivity contribution in [3.63, 3.8) is 0 Å². The van der Waals surface area contributed by atoms with Gasteiger partial charge < -0.3 is 4.42 Å². The SMILES string of the molecule is c1cc(-c2ccc(-c3cccc4c3sc3ccccc34)cc2)cc(-c2cnc3oc4ccc5ccccc5c4c3n2)c1. The van der Waals surface area contributed by atoms with E-state index in [-0.39, 0.29) is 0 Å². The van der Waals surface area contributed by atoms with E-state index in [9.17, 15) is 0 Å². The van der Waals surface area contributed by atoms with E-state index in [0.29, 0.717) is 5.71 Å². The summed E-state index contributed by atoms with van der Waals surface area (Å²) in [5.41, 5.74) is 8.82. The van der Waals surface area contributed by atoms with Crippen molar-refractivity contribution in [1.82, 2.24) is 9.97 Å². The summed E-state index contributed by atoms with van der Waals surface area (Å²) in [6, 6.07) is 45.1. The molecule has 0 N–H and O–H groups in total. The van der Waals surface area contributed by atoms with E-state index in [2.05, 4.69) is 126 Å². The van der Waals surface area contributed by atoms with Gasteiger partial charge in [-0.25, -0.2) is 9.97 Å². The van der Waals surface area contributed by atoms with E-state index in [1.807, 2.05) is 17.4 Å². The highest BCUT2D eigenvalue weighted by Gasteiger charge is 2.15. The van der Waals surface area contributed by atoms with Crippen LogP contribution in [-0.2, 0) is 0 Å². The van der Waals surface area contributed by atoms with E-state index in [1.165, 1.54) is 31.3 Å². The highest BCUT2D eigenvalue weighted by molar-refractivity contribution is 7.26. The molecule has 6 aromatic carbocycles. The lowest BCUT2D eigenvalue weighted by molar-refractivity contribution is 0.653. The predicted molar refractivity (Wildman–Crippen MR) is 176 cm³/mol. The molecule has 3 aromatic heterocycles. The molecule has 0 radical (unpaired) electrons. The van der Waals surface area contributed by atoms with E-state index in [1.54, 1.807) is 6.20 Å². The first-order chi connectivity index (χ1) is 20.8. The molecular weight excluding hydrogens is 532 g/mol. The van der Waals surface area contributed by atoms with Gasteiger partial charge in [-0.3, -0.25) is 0 Å². The number of hydrogen-bond donors (Lipinski definition) is 0. The normalized spacial score (nSPS) is 11.8. The zero-order chi connectivity index (χ0) is 27.6. The fourth-order valence-electron chi connectivity index (χ4n) is 6.11. The largest absolute Gasteiger partial charge is 0.436 e. The molecule has 0 unspecified atom stereocenters. The van der Waals surface area contributed by atoms with Gasteiger partial charge in [-0.1, -0.05) is 109 Å². The number of furan rings is 1. The van der Waals surface area contributed by atoms with Crippen molar-refractivity contribution in [2.45, 2.75) is 0 Å². The summed E-state index contributed by atoms with van der Waals surface area (Å²) in [4.78, 5) is 9.73. The third-order valence-corrected chi connectivity index (χ3v) is 9.38.